The highest BCUT2D eigenvalue weighted by molar-refractivity contribution is 7.89. The number of anilines is 1. The highest BCUT2D eigenvalue weighted by Gasteiger charge is 2.29. The summed E-state index contributed by atoms with van der Waals surface area (Å²) in [7, 11) is -2.99. The molecular formula is C25H27FN2O4S. The van der Waals surface area contributed by atoms with Crippen molar-refractivity contribution in [1.29, 1.82) is 0 Å². The summed E-state index contributed by atoms with van der Waals surface area (Å²) < 4.78 is 47.7. The molecule has 33 heavy (non-hydrogen) atoms. The fourth-order valence-electron chi connectivity index (χ4n) is 3.56. The Morgan fingerprint density at radius 3 is 2.45 bits per heavy atom. The number of para-hydroxylation sites is 1. The predicted octanol–water partition coefficient (Wildman–Crippen LogP) is 4.23. The molecule has 0 radical (unpaired) electrons. The molecule has 0 aliphatic heterocycles. The van der Waals surface area contributed by atoms with Crippen molar-refractivity contribution in [1.82, 2.24) is 4.72 Å². The third kappa shape index (κ3) is 5.97. The van der Waals surface area contributed by atoms with E-state index in [1.165, 1.54) is 13.2 Å². The van der Waals surface area contributed by atoms with Crippen LogP contribution in [0.25, 0.3) is 0 Å². The maximum Gasteiger partial charge on any atom is 0.245 e. The standard InChI is InChI=1S/C25H27FN2O4S/c1-4-19-12-8-9-17(2)24(19)27-25(29)21(15-18-10-6-5-7-11-18)28-33(30,31)23-16-20(26)13-14-22(23)32-3/h5-14,16,21,28H,4,15H2,1-3H3,(H,27,29). The highest BCUT2D eigenvalue weighted by atomic mass is 32.2. The van der Waals surface area contributed by atoms with E-state index in [4.69, 9.17) is 4.74 Å². The predicted molar refractivity (Wildman–Crippen MR) is 126 cm³/mol. The molecule has 2 N–H and O–H groups in total. The number of carbonyl (C=O) groups excluding carboxylic acids is 1. The van der Waals surface area contributed by atoms with Gasteiger partial charge >= 0.3 is 0 Å². The molecular weight excluding hydrogens is 443 g/mol. The second kappa shape index (κ2) is 10.6. The molecule has 0 bridgehead atoms. The molecule has 0 saturated heterocycles. The lowest BCUT2D eigenvalue weighted by atomic mass is 10.0. The van der Waals surface area contributed by atoms with Gasteiger partial charge in [-0.15, -0.1) is 0 Å². The maximum atomic E-state index is 13.8. The Morgan fingerprint density at radius 2 is 1.79 bits per heavy atom. The zero-order valence-electron chi connectivity index (χ0n) is 18.8. The van der Waals surface area contributed by atoms with E-state index >= 15 is 0 Å². The molecule has 0 heterocycles. The minimum Gasteiger partial charge on any atom is -0.495 e. The van der Waals surface area contributed by atoms with Crippen LogP contribution in [0.3, 0.4) is 0 Å². The highest BCUT2D eigenvalue weighted by Crippen LogP contribution is 2.26. The molecule has 0 spiro atoms. The molecule has 0 aliphatic carbocycles. The molecule has 174 valence electrons. The van der Waals surface area contributed by atoms with Gasteiger partial charge in [0.15, 0.2) is 0 Å². The number of amides is 1. The van der Waals surface area contributed by atoms with Gasteiger partial charge in [0.1, 0.15) is 22.5 Å². The Hall–Kier alpha value is -3.23. The topological polar surface area (TPSA) is 84.5 Å². The lowest BCUT2D eigenvalue weighted by Crippen LogP contribution is -2.45. The van der Waals surface area contributed by atoms with Crippen LogP contribution >= 0.6 is 0 Å². The summed E-state index contributed by atoms with van der Waals surface area (Å²) in [6.07, 6.45) is 0.809. The monoisotopic (exact) mass is 470 g/mol. The van der Waals surface area contributed by atoms with Crippen LogP contribution in [0.1, 0.15) is 23.6 Å². The summed E-state index contributed by atoms with van der Waals surface area (Å²) >= 11 is 0. The van der Waals surface area contributed by atoms with Crippen molar-refractivity contribution >= 4 is 21.6 Å². The molecule has 1 unspecified atom stereocenters. The summed E-state index contributed by atoms with van der Waals surface area (Å²) in [5.41, 5.74) is 3.24. The largest absolute Gasteiger partial charge is 0.495 e. The molecule has 3 rings (SSSR count). The molecule has 3 aromatic carbocycles. The first-order chi connectivity index (χ1) is 15.7. The van der Waals surface area contributed by atoms with E-state index in [1.54, 1.807) is 0 Å². The van der Waals surface area contributed by atoms with Gasteiger partial charge in [0, 0.05) is 5.69 Å². The van der Waals surface area contributed by atoms with Crippen molar-refractivity contribution in [3.8, 4) is 5.75 Å². The van der Waals surface area contributed by atoms with E-state index in [-0.39, 0.29) is 17.1 Å². The van der Waals surface area contributed by atoms with Crippen molar-refractivity contribution in [3.05, 3.63) is 89.2 Å². The molecule has 3 aromatic rings. The van der Waals surface area contributed by atoms with E-state index in [1.807, 2.05) is 62.4 Å². The third-order valence-corrected chi connectivity index (χ3v) is 6.79. The first kappa shape index (κ1) is 24.4. The maximum absolute atomic E-state index is 13.8. The molecule has 8 heteroatoms. The number of sulfonamides is 1. The SMILES string of the molecule is CCc1cccc(C)c1NC(=O)C(Cc1ccccc1)NS(=O)(=O)c1cc(F)ccc1OC. The zero-order valence-corrected chi connectivity index (χ0v) is 19.6. The van der Waals surface area contributed by atoms with E-state index in [0.717, 1.165) is 28.8 Å². The fourth-order valence-corrected chi connectivity index (χ4v) is 4.94. The van der Waals surface area contributed by atoms with Gasteiger partial charge in [0.2, 0.25) is 15.9 Å². The molecule has 0 aromatic heterocycles. The van der Waals surface area contributed by atoms with Gasteiger partial charge < -0.3 is 10.1 Å². The number of hydrogen-bond acceptors (Lipinski definition) is 4. The van der Waals surface area contributed by atoms with Crippen LogP contribution in [0.2, 0.25) is 0 Å². The molecule has 1 atom stereocenters. The lowest BCUT2D eigenvalue weighted by molar-refractivity contribution is -0.117. The van der Waals surface area contributed by atoms with E-state index < -0.39 is 27.8 Å². The Labute approximate surface area is 193 Å². The second-order valence-corrected chi connectivity index (χ2v) is 9.29. The number of aryl methyl sites for hydroxylation is 2. The van der Waals surface area contributed by atoms with E-state index in [9.17, 15) is 17.6 Å². The Kier molecular flexibility index (Phi) is 7.84. The summed E-state index contributed by atoms with van der Waals surface area (Å²) in [6, 6.07) is 16.8. The number of rotatable bonds is 9. The van der Waals surface area contributed by atoms with Crippen molar-refractivity contribution in [3.63, 3.8) is 0 Å². The minimum atomic E-state index is -4.28. The number of ether oxygens (including phenoxy) is 1. The van der Waals surface area contributed by atoms with Crippen LogP contribution in [0.5, 0.6) is 5.75 Å². The number of methoxy groups -OCH3 is 1. The van der Waals surface area contributed by atoms with Gasteiger partial charge in [-0.2, -0.15) is 4.72 Å². The van der Waals surface area contributed by atoms with Crippen molar-refractivity contribution in [2.45, 2.75) is 37.6 Å². The molecule has 0 saturated carbocycles. The number of carbonyl (C=O) groups is 1. The normalized spacial score (nSPS) is 12.2. The second-order valence-electron chi connectivity index (χ2n) is 7.61. The summed E-state index contributed by atoms with van der Waals surface area (Å²) in [4.78, 5) is 13.0. The van der Waals surface area contributed by atoms with E-state index in [0.29, 0.717) is 12.1 Å². The first-order valence-corrected chi connectivity index (χ1v) is 12.0. The third-order valence-electron chi connectivity index (χ3n) is 5.30. The minimum absolute atomic E-state index is 0.0186. The molecule has 0 fully saturated rings. The Morgan fingerprint density at radius 1 is 1.06 bits per heavy atom. The number of halogens is 1. The molecule has 6 nitrogen and oxygen atoms in total. The summed E-state index contributed by atoms with van der Waals surface area (Å²) in [5.74, 6) is -1.26. The quantitative estimate of drug-likeness (QED) is 0.490. The zero-order chi connectivity index (χ0) is 24.0. The Balaban J connectivity index is 1.97. The smallest absolute Gasteiger partial charge is 0.245 e. The van der Waals surface area contributed by atoms with Gasteiger partial charge in [-0.1, -0.05) is 55.5 Å². The first-order valence-electron chi connectivity index (χ1n) is 10.5. The van der Waals surface area contributed by atoms with Gasteiger partial charge in [0.05, 0.1) is 7.11 Å². The van der Waals surface area contributed by atoms with E-state index in [2.05, 4.69) is 10.0 Å². The van der Waals surface area contributed by atoms with Crippen LogP contribution in [-0.2, 0) is 27.7 Å². The molecule has 1 amide bonds. The van der Waals surface area contributed by atoms with Crippen LogP contribution in [-0.4, -0.2) is 27.5 Å². The van der Waals surface area contributed by atoms with Gasteiger partial charge in [0.25, 0.3) is 0 Å². The van der Waals surface area contributed by atoms with Crippen molar-refractivity contribution < 1.29 is 22.3 Å². The molecule has 0 aliphatic rings. The number of nitrogens with one attached hydrogen (secondary N) is 2. The average molecular weight is 471 g/mol. The van der Waals surface area contributed by atoms with Gasteiger partial charge in [-0.25, -0.2) is 12.8 Å². The average Bonchev–Trinajstić information content (AvgIpc) is 2.80. The van der Waals surface area contributed by atoms with Crippen LogP contribution in [0.4, 0.5) is 10.1 Å². The number of benzene rings is 3. The summed E-state index contributed by atoms with van der Waals surface area (Å²) in [6.45, 7) is 3.85. The van der Waals surface area contributed by atoms with Gasteiger partial charge in [-0.05, 0) is 54.7 Å². The Bertz CT molecular complexity index is 1230. The lowest BCUT2D eigenvalue weighted by Gasteiger charge is -2.21. The summed E-state index contributed by atoms with van der Waals surface area (Å²) in [5, 5.41) is 2.89. The van der Waals surface area contributed by atoms with Crippen molar-refractivity contribution in [2.75, 3.05) is 12.4 Å². The number of hydrogen-bond donors (Lipinski definition) is 2. The van der Waals surface area contributed by atoms with Gasteiger partial charge in [-0.3, -0.25) is 4.79 Å². The van der Waals surface area contributed by atoms with Crippen LogP contribution in [0, 0.1) is 12.7 Å². The van der Waals surface area contributed by atoms with Crippen molar-refractivity contribution in [2.24, 2.45) is 0 Å². The van der Waals surface area contributed by atoms with Crippen LogP contribution < -0.4 is 14.8 Å². The van der Waals surface area contributed by atoms with Crippen LogP contribution in [0.15, 0.2) is 71.6 Å². The fraction of sp³-hybridized carbons (Fsp3) is 0.240.